The molecule has 2 aromatic rings. The highest BCUT2D eigenvalue weighted by Gasteiger charge is 2.20. The Morgan fingerprint density at radius 2 is 2.03 bits per heavy atom. The number of amides is 2. The molecule has 0 aliphatic heterocycles. The first-order valence-corrected chi connectivity index (χ1v) is 12.2. The SMILES string of the molecule is CCCCNC(=O)NC1=C(OCCCn2cnc(-c3ccccc3)c2C(C)C)C=CCC1C. The molecule has 1 aromatic carbocycles. The van der Waals surface area contributed by atoms with Crippen molar-refractivity contribution in [1.29, 1.82) is 0 Å². The largest absolute Gasteiger partial charge is 0.492 e. The normalized spacial score (nSPS) is 15.7. The summed E-state index contributed by atoms with van der Waals surface area (Å²) in [6.07, 6.45) is 9.80. The molecule has 0 radical (unpaired) electrons. The van der Waals surface area contributed by atoms with Crippen molar-refractivity contribution in [2.75, 3.05) is 13.2 Å². The Morgan fingerprint density at radius 1 is 1.24 bits per heavy atom. The van der Waals surface area contributed by atoms with Crippen LogP contribution in [0.4, 0.5) is 4.79 Å². The number of ether oxygens (including phenoxy) is 1. The zero-order valence-corrected chi connectivity index (χ0v) is 20.4. The van der Waals surface area contributed by atoms with Gasteiger partial charge in [0.15, 0.2) is 0 Å². The second-order valence-corrected chi connectivity index (χ2v) is 8.95. The van der Waals surface area contributed by atoms with Crippen molar-refractivity contribution in [1.82, 2.24) is 20.2 Å². The number of hydrogen-bond donors (Lipinski definition) is 2. The third kappa shape index (κ3) is 6.73. The van der Waals surface area contributed by atoms with Gasteiger partial charge in [0.25, 0.3) is 0 Å². The van der Waals surface area contributed by atoms with Crippen LogP contribution in [-0.4, -0.2) is 28.7 Å². The molecule has 1 aliphatic carbocycles. The van der Waals surface area contributed by atoms with Crippen LogP contribution in [0.15, 0.2) is 60.3 Å². The highest BCUT2D eigenvalue weighted by molar-refractivity contribution is 5.76. The van der Waals surface area contributed by atoms with Crippen molar-refractivity contribution in [3.63, 3.8) is 0 Å². The van der Waals surface area contributed by atoms with Gasteiger partial charge in [0.1, 0.15) is 5.76 Å². The van der Waals surface area contributed by atoms with Crippen molar-refractivity contribution in [3.8, 4) is 11.3 Å². The van der Waals surface area contributed by atoms with E-state index in [0.717, 1.165) is 54.9 Å². The van der Waals surface area contributed by atoms with Gasteiger partial charge in [-0.05, 0) is 31.3 Å². The number of unbranched alkanes of at least 4 members (excludes halogenated alkanes) is 1. The van der Waals surface area contributed by atoms with E-state index in [1.54, 1.807) is 0 Å². The molecular weight excluding hydrogens is 412 g/mol. The summed E-state index contributed by atoms with van der Waals surface area (Å²) in [4.78, 5) is 17.0. The average Bonchev–Trinajstić information content (AvgIpc) is 3.24. The maximum atomic E-state index is 12.3. The van der Waals surface area contributed by atoms with Crippen LogP contribution in [0.1, 0.15) is 65.0 Å². The molecule has 2 N–H and O–H groups in total. The first-order valence-electron chi connectivity index (χ1n) is 12.2. The molecule has 178 valence electrons. The quantitative estimate of drug-likeness (QED) is 0.413. The van der Waals surface area contributed by atoms with Gasteiger partial charge in [-0.2, -0.15) is 0 Å². The van der Waals surface area contributed by atoms with Crippen LogP contribution in [-0.2, 0) is 11.3 Å². The topological polar surface area (TPSA) is 68.2 Å². The summed E-state index contributed by atoms with van der Waals surface area (Å²) in [6.45, 7) is 10.7. The number of benzene rings is 1. The molecule has 1 atom stereocenters. The predicted molar refractivity (Wildman–Crippen MR) is 134 cm³/mol. The van der Waals surface area contributed by atoms with Crippen LogP contribution in [0.3, 0.4) is 0 Å². The lowest BCUT2D eigenvalue weighted by Gasteiger charge is -2.23. The Labute approximate surface area is 198 Å². The summed E-state index contributed by atoms with van der Waals surface area (Å²) in [6, 6.07) is 10.2. The third-order valence-electron chi connectivity index (χ3n) is 5.85. The summed E-state index contributed by atoms with van der Waals surface area (Å²) in [5.41, 5.74) is 4.32. The molecule has 0 saturated carbocycles. The van der Waals surface area contributed by atoms with Gasteiger partial charge in [-0.15, -0.1) is 0 Å². The maximum Gasteiger partial charge on any atom is 0.319 e. The van der Waals surface area contributed by atoms with E-state index in [1.807, 2.05) is 18.5 Å². The molecule has 0 spiro atoms. The number of nitrogens with zero attached hydrogens (tertiary/aromatic N) is 2. The minimum absolute atomic E-state index is 0.157. The second kappa shape index (κ2) is 12.3. The molecule has 33 heavy (non-hydrogen) atoms. The fourth-order valence-electron chi connectivity index (χ4n) is 4.10. The van der Waals surface area contributed by atoms with E-state index in [1.165, 1.54) is 5.69 Å². The lowest BCUT2D eigenvalue weighted by Crippen LogP contribution is -2.38. The van der Waals surface area contributed by atoms with E-state index in [9.17, 15) is 4.79 Å². The van der Waals surface area contributed by atoms with Gasteiger partial charge in [-0.3, -0.25) is 0 Å². The minimum Gasteiger partial charge on any atom is -0.492 e. The van der Waals surface area contributed by atoms with E-state index in [4.69, 9.17) is 9.72 Å². The molecule has 6 heteroatoms. The average molecular weight is 451 g/mol. The lowest BCUT2D eigenvalue weighted by atomic mass is 9.98. The molecule has 6 nitrogen and oxygen atoms in total. The van der Waals surface area contributed by atoms with Gasteiger partial charge < -0.3 is 19.9 Å². The fraction of sp³-hybridized carbons (Fsp3) is 0.481. The Bertz CT molecular complexity index is 960. The van der Waals surface area contributed by atoms with Crippen molar-refractivity contribution < 1.29 is 9.53 Å². The number of carbonyl (C=O) groups excluding carboxylic acids is 1. The van der Waals surface area contributed by atoms with E-state index >= 15 is 0 Å². The van der Waals surface area contributed by atoms with Crippen molar-refractivity contribution in [3.05, 3.63) is 66.0 Å². The van der Waals surface area contributed by atoms with Crippen LogP contribution >= 0.6 is 0 Å². The highest BCUT2D eigenvalue weighted by atomic mass is 16.5. The van der Waals surface area contributed by atoms with Crippen molar-refractivity contribution >= 4 is 6.03 Å². The number of aryl methyl sites for hydroxylation is 1. The molecule has 1 heterocycles. The second-order valence-electron chi connectivity index (χ2n) is 8.95. The third-order valence-corrected chi connectivity index (χ3v) is 5.85. The number of nitrogens with one attached hydrogen (secondary N) is 2. The smallest absolute Gasteiger partial charge is 0.319 e. The number of rotatable bonds is 11. The van der Waals surface area contributed by atoms with Gasteiger partial charge in [0, 0.05) is 30.3 Å². The van der Waals surface area contributed by atoms with E-state index in [0.29, 0.717) is 19.1 Å². The Balaban J connectivity index is 1.60. The number of aromatic nitrogens is 2. The molecule has 0 saturated heterocycles. The molecule has 1 aromatic heterocycles. The van der Waals surface area contributed by atoms with Crippen molar-refractivity contribution in [2.24, 2.45) is 5.92 Å². The standard InChI is InChI=1S/C27H38N4O2/c1-5-6-16-28-27(32)30-24-21(4)12-10-15-23(24)33-18-11-17-31-19-29-25(26(31)20(2)3)22-13-8-7-9-14-22/h7-10,13-15,19-21H,5-6,11-12,16-18H2,1-4H3,(H2,28,30,32). The number of allylic oxidation sites excluding steroid dienone is 3. The van der Waals surface area contributed by atoms with Crippen LogP contribution in [0.2, 0.25) is 0 Å². The summed E-state index contributed by atoms with van der Waals surface area (Å²) in [5.74, 6) is 1.35. The summed E-state index contributed by atoms with van der Waals surface area (Å²) in [5, 5.41) is 5.94. The Kier molecular flexibility index (Phi) is 9.16. The minimum atomic E-state index is -0.157. The van der Waals surface area contributed by atoms with Crippen LogP contribution < -0.4 is 10.6 Å². The molecule has 3 rings (SSSR count). The first-order chi connectivity index (χ1) is 16.0. The fourth-order valence-corrected chi connectivity index (χ4v) is 4.10. The summed E-state index contributed by atoms with van der Waals surface area (Å²) in [7, 11) is 0. The number of carbonyl (C=O) groups is 1. The van der Waals surface area contributed by atoms with E-state index < -0.39 is 0 Å². The highest BCUT2D eigenvalue weighted by Crippen LogP contribution is 2.28. The van der Waals surface area contributed by atoms with E-state index in [2.05, 4.69) is 73.2 Å². The van der Waals surface area contributed by atoms with Gasteiger partial charge in [0.05, 0.1) is 24.3 Å². The van der Waals surface area contributed by atoms with Gasteiger partial charge in [-0.25, -0.2) is 9.78 Å². The number of urea groups is 1. The summed E-state index contributed by atoms with van der Waals surface area (Å²) < 4.78 is 8.36. The molecule has 0 fully saturated rings. The Hall–Kier alpha value is -3.02. The molecule has 1 aliphatic rings. The predicted octanol–water partition coefficient (Wildman–Crippen LogP) is 5.99. The molecule has 2 amide bonds. The van der Waals surface area contributed by atoms with Crippen molar-refractivity contribution in [2.45, 2.75) is 65.8 Å². The van der Waals surface area contributed by atoms with Crippen LogP contribution in [0, 0.1) is 5.92 Å². The monoisotopic (exact) mass is 450 g/mol. The first kappa shape index (κ1) is 24.6. The zero-order chi connectivity index (χ0) is 23.6. The van der Waals surface area contributed by atoms with Gasteiger partial charge in [-0.1, -0.05) is 70.5 Å². The molecule has 0 bridgehead atoms. The van der Waals surface area contributed by atoms with Gasteiger partial charge in [0.2, 0.25) is 0 Å². The number of hydrogen-bond acceptors (Lipinski definition) is 3. The maximum absolute atomic E-state index is 12.3. The van der Waals surface area contributed by atoms with E-state index in [-0.39, 0.29) is 11.9 Å². The lowest BCUT2D eigenvalue weighted by molar-refractivity contribution is 0.202. The zero-order valence-electron chi connectivity index (χ0n) is 20.4. The molecular formula is C27H38N4O2. The van der Waals surface area contributed by atoms with Crippen LogP contribution in [0.25, 0.3) is 11.3 Å². The Morgan fingerprint density at radius 3 is 2.76 bits per heavy atom. The van der Waals surface area contributed by atoms with Gasteiger partial charge >= 0.3 is 6.03 Å². The molecule has 1 unspecified atom stereocenters. The summed E-state index contributed by atoms with van der Waals surface area (Å²) >= 11 is 0. The van der Waals surface area contributed by atoms with Crippen LogP contribution in [0.5, 0.6) is 0 Å². The number of imidazole rings is 1.